The SMILES string of the molecule is Nc1nccn1C(=O)OCC1c2ccccc2-c2ccccc21. The van der Waals surface area contributed by atoms with E-state index in [4.69, 9.17) is 10.5 Å². The number of nitrogens with two attached hydrogens (primary N) is 1. The van der Waals surface area contributed by atoms with Crippen LogP contribution in [-0.2, 0) is 4.74 Å². The summed E-state index contributed by atoms with van der Waals surface area (Å²) in [5, 5.41) is 0. The van der Waals surface area contributed by atoms with E-state index < -0.39 is 6.09 Å². The highest BCUT2D eigenvalue weighted by Gasteiger charge is 2.29. The molecule has 2 aromatic carbocycles. The minimum absolute atomic E-state index is 0.0381. The minimum atomic E-state index is -0.512. The molecule has 0 saturated carbocycles. The third-order valence-corrected chi connectivity index (χ3v) is 4.20. The van der Waals surface area contributed by atoms with Crippen LogP contribution < -0.4 is 5.73 Å². The van der Waals surface area contributed by atoms with Crippen molar-refractivity contribution in [3.63, 3.8) is 0 Å². The van der Waals surface area contributed by atoms with Gasteiger partial charge in [0.1, 0.15) is 6.61 Å². The Hall–Kier alpha value is -3.08. The molecule has 5 heteroatoms. The van der Waals surface area contributed by atoms with E-state index in [1.54, 1.807) is 0 Å². The standard InChI is InChI=1S/C18H15N3O2/c19-17-20-9-10-21(17)18(22)23-11-16-14-7-3-1-5-12(14)13-6-2-4-8-15(13)16/h1-10,16H,11H2,(H2,19,20). The van der Waals surface area contributed by atoms with Crippen LogP contribution >= 0.6 is 0 Å². The van der Waals surface area contributed by atoms with E-state index in [1.807, 2.05) is 24.3 Å². The van der Waals surface area contributed by atoms with Gasteiger partial charge in [-0.1, -0.05) is 48.5 Å². The number of nitrogen functional groups attached to an aromatic ring is 1. The smallest absolute Gasteiger partial charge is 0.420 e. The zero-order valence-electron chi connectivity index (χ0n) is 12.3. The van der Waals surface area contributed by atoms with Crippen molar-refractivity contribution in [3.05, 3.63) is 72.1 Å². The number of nitrogens with zero attached hydrogens (tertiary/aromatic N) is 2. The fourth-order valence-corrected chi connectivity index (χ4v) is 3.13. The van der Waals surface area contributed by atoms with Gasteiger partial charge >= 0.3 is 6.09 Å². The first kappa shape index (κ1) is 13.6. The number of rotatable bonds is 2. The summed E-state index contributed by atoms with van der Waals surface area (Å²) < 4.78 is 6.67. The van der Waals surface area contributed by atoms with E-state index in [0.29, 0.717) is 0 Å². The van der Waals surface area contributed by atoms with Crippen LogP contribution in [0, 0.1) is 0 Å². The second-order valence-electron chi connectivity index (χ2n) is 5.46. The minimum Gasteiger partial charge on any atom is -0.448 e. The molecule has 0 fully saturated rings. The number of imidazole rings is 1. The summed E-state index contributed by atoms with van der Waals surface area (Å²) in [7, 11) is 0. The van der Waals surface area contributed by atoms with Gasteiger partial charge in [0.15, 0.2) is 0 Å². The molecule has 0 unspecified atom stereocenters. The Kier molecular flexibility index (Phi) is 3.12. The van der Waals surface area contributed by atoms with Gasteiger partial charge in [-0.2, -0.15) is 0 Å². The maximum absolute atomic E-state index is 12.1. The number of anilines is 1. The van der Waals surface area contributed by atoms with E-state index in [-0.39, 0.29) is 18.5 Å². The molecule has 23 heavy (non-hydrogen) atoms. The average Bonchev–Trinajstić information content (AvgIpc) is 3.14. The topological polar surface area (TPSA) is 70.1 Å². The third kappa shape index (κ3) is 2.17. The van der Waals surface area contributed by atoms with Gasteiger partial charge in [-0.25, -0.2) is 14.3 Å². The number of fused-ring (bicyclic) bond motifs is 3. The average molecular weight is 305 g/mol. The highest BCUT2D eigenvalue weighted by Crippen LogP contribution is 2.44. The van der Waals surface area contributed by atoms with E-state index in [0.717, 1.165) is 0 Å². The molecule has 0 spiro atoms. The molecule has 5 nitrogen and oxygen atoms in total. The van der Waals surface area contributed by atoms with Crippen LogP contribution in [0.2, 0.25) is 0 Å². The molecule has 114 valence electrons. The summed E-state index contributed by atoms with van der Waals surface area (Å²) in [6.07, 6.45) is 2.45. The quantitative estimate of drug-likeness (QED) is 0.789. The number of aromatic nitrogens is 2. The maximum atomic E-state index is 12.1. The normalized spacial score (nSPS) is 12.7. The van der Waals surface area contributed by atoms with E-state index in [9.17, 15) is 4.79 Å². The number of carbonyl (C=O) groups is 1. The van der Waals surface area contributed by atoms with Gasteiger partial charge in [-0.15, -0.1) is 0 Å². The Morgan fingerprint density at radius 2 is 1.70 bits per heavy atom. The van der Waals surface area contributed by atoms with Gasteiger partial charge in [0, 0.05) is 18.3 Å². The number of hydrogen-bond acceptors (Lipinski definition) is 4. The fraction of sp³-hybridized carbons (Fsp3) is 0.111. The Labute approximate surface area is 133 Å². The fourth-order valence-electron chi connectivity index (χ4n) is 3.13. The number of hydrogen-bond donors (Lipinski definition) is 1. The van der Waals surface area contributed by atoms with Crippen LogP contribution in [0.25, 0.3) is 11.1 Å². The van der Waals surface area contributed by atoms with Crippen molar-refractivity contribution >= 4 is 12.0 Å². The molecule has 0 saturated heterocycles. The lowest BCUT2D eigenvalue weighted by Crippen LogP contribution is -2.18. The molecule has 0 aliphatic heterocycles. The molecule has 0 radical (unpaired) electrons. The van der Waals surface area contributed by atoms with Crippen molar-refractivity contribution in [3.8, 4) is 11.1 Å². The van der Waals surface area contributed by atoms with Gasteiger partial charge in [-0.3, -0.25) is 0 Å². The van der Waals surface area contributed by atoms with Crippen LogP contribution in [0.15, 0.2) is 60.9 Å². The molecular weight excluding hydrogens is 290 g/mol. The first-order valence-corrected chi connectivity index (χ1v) is 7.40. The predicted octanol–water partition coefficient (Wildman–Crippen LogP) is 3.26. The number of benzene rings is 2. The van der Waals surface area contributed by atoms with E-state index in [1.165, 1.54) is 39.2 Å². The lowest BCUT2D eigenvalue weighted by molar-refractivity contribution is 0.145. The third-order valence-electron chi connectivity index (χ3n) is 4.20. The summed E-state index contributed by atoms with van der Waals surface area (Å²) in [5.41, 5.74) is 10.4. The summed E-state index contributed by atoms with van der Waals surface area (Å²) in [6, 6.07) is 16.4. The van der Waals surface area contributed by atoms with Crippen LogP contribution in [0.1, 0.15) is 17.0 Å². The molecule has 3 aromatic rings. The second-order valence-corrected chi connectivity index (χ2v) is 5.46. The lowest BCUT2D eigenvalue weighted by Gasteiger charge is -2.14. The highest BCUT2D eigenvalue weighted by atomic mass is 16.5. The monoisotopic (exact) mass is 305 g/mol. The van der Waals surface area contributed by atoms with Crippen LogP contribution in [0.3, 0.4) is 0 Å². The molecular formula is C18H15N3O2. The van der Waals surface area contributed by atoms with Crippen molar-refractivity contribution in [2.75, 3.05) is 12.3 Å². The molecule has 1 aliphatic rings. The number of carbonyl (C=O) groups excluding carboxylic acids is 1. The first-order chi connectivity index (χ1) is 11.3. The van der Waals surface area contributed by atoms with Crippen LogP contribution in [0.5, 0.6) is 0 Å². The van der Waals surface area contributed by atoms with Crippen LogP contribution in [0.4, 0.5) is 10.7 Å². The summed E-state index contributed by atoms with van der Waals surface area (Å²) in [4.78, 5) is 16.0. The Morgan fingerprint density at radius 1 is 1.09 bits per heavy atom. The Morgan fingerprint density at radius 3 is 2.26 bits per heavy atom. The van der Waals surface area contributed by atoms with Gasteiger partial charge in [0.2, 0.25) is 5.95 Å². The van der Waals surface area contributed by atoms with Crippen LogP contribution in [-0.4, -0.2) is 22.3 Å². The van der Waals surface area contributed by atoms with Crippen molar-refractivity contribution < 1.29 is 9.53 Å². The number of ether oxygens (including phenoxy) is 1. The largest absolute Gasteiger partial charge is 0.448 e. The predicted molar refractivity (Wildman–Crippen MR) is 87.1 cm³/mol. The van der Waals surface area contributed by atoms with E-state index in [2.05, 4.69) is 29.2 Å². The first-order valence-electron chi connectivity index (χ1n) is 7.40. The van der Waals surface area contributed by atoms with Crippen molar-refractivity contribution in [1.82, 2.24) is 9.55 Å². The van der Waals surface area contributed by atoms with Gasteiger partial charge < -0.3 is 10.5 Å². The molecule has 2 N–H and O–H groups in total. The highest BCUT2D eigenvalue weighted by molar-refractivity contribution is 5.79. The zero-order chi connectivity index (χ0) is 15.8. The molecule has 4 rings (SSSR count). The van der Waals surface area contributed by atoms with Crippen molar-refractivity contribution in [2.45, 2.75) is 5.92 Å². The molecule has 1 aliphatic carbocycles. The lowest BCUT2D eigenvalue weighted by atomic mass is 9.98. The van der Waals surface area contributed by atoms with Crippen molar-refractivity contribution in [1.29, 1.82) is 0 Å². The molecule has 0 amide bonds. The summed E-state index contributed by atoms with van der Waals surface area (Å²) >= 11 is 0. The molecule has 1 heterocycles. The van der Waals surface area contributed by atoms with Crippen molar-refractivity contribution in [2.24, 2.45) is 0 Å². The Bertz CT molecular complexity index is 840. The molecule has 0 bridgehead atoms. The Balaban J connectivity index is 1.62. The molecule has 0 atom stereocenters. The second kappa shape index (κ2) is 5.28. The summed E-state index contributed by atoms with van der Waals surface area (Å²) in [5.74, 6) is 0.165. The maximum Gasteiger partial charge on any atom is 0.420 e. The van der Waals surface area contributed by atoms with Gasteiger partial charge in [0.05, 0.1) is 0 Å². The van der Waals surface area contributed by atoms with Gasteiger partial charge in [0.25, 0.3) is 0 Å². The zero-order valence-corrected chi connectivity index (χ0v) is 12.3. The van der Waals surface area contributed by atoms with Gasteiger partial charge in [-0.05, 0) is 22.3 Å². The van der Waals surface area contributed by atoms with E-state index >= 15 is 0 Å². The summed E-state index contributed by atoms with van der Waals surface area (Å²) in [6.45, 7) is 0.268. The molecule has 1 aromatic heterocycles.